The van der Waals surface area contributed by atoms with Gasteiger partial charge >= 0.3 is 0 Å². The molecule has 26 heavy (non-hydrogen) atoms. The van der Waals surface area contributed by atoms with Crippen molar-refractivity contribution >= 4 is 33.0 Å². The summed E-state index contributed by atoms with van der Waals surface area (Å²) in [6.07, 6.45) is -0.158. The zero-order valence-corrected chi connectivity index (χ0v) is 15.4. The number of carbonyl (C=O) groups is 2. The number of para-hydroxylation sites is 1. The molecule has 2 aromatic carbocycles. The van der Waals surface area contributed by atoms with Crippen LogP contribution in [-0.4, -0.2) is 32.0 Å². The normalized spacial score (nSPS) is 18.8. The molecule has 2 amide bonds. The molecule has 2 aromatic rings. The van der Waals surface area contributed by atoms with E-state index < -0.39 is 15.1 Å². The number of carbonyl (C=O) groups excluding carboxylic acids is 2. The van der Waals surface area contributed by atoms with E-state index in [1.165, 1.54) is 17.9 Å². The van der Waals surface area contributed by atoms with Gasteiger partial charge in [-0.1, -0.05) is 24.3 Å². The largest absolute Gasteiger partial charge is 0.325 e. The highest BCUT2D eigenvalue weighted by atomic mass is 32.2. The van der Waals surface area contributed by atoms with E-state index in [1.807, 2.05) is 25.1 Å². The maximum absolute atomic E-state index is 12.6. The molecule has 7 heteroatoms. The summed E-state index contributed by atoms with van der Waals surface area (Å²) < 4.78 is 25.3. The lowest BCUT2D eigenvalue weighted by atomic mass is 10.2. The molecule has 0 aromatic heterocycles. The predicted octanol–water partition coefficient (Wildman–Crippen LogP) is 2.53. The van der Waals surface area contributed by atoms with E-state index >= 15 is 0 Å². The molecule has 1 atom stereocenters. The van der Waals surface area contributed by atoms with Crippen LogP contribution in [0, 0.1) is 6.92 Å². The van der Waals surface area contributed by atoms with Gasteiger partial charge in [0.05, 0.1) is 15.8 Å². The number of hydrogen-bond donors (Lipinski definition) is 1. The molecule has 0 spiro atoms. The van der Waals surface area contributed by atoms with E-state index in [9.17, 15) is 18.0 Å². The number of anilines is 2. The van der Waals surface area contributed by atoms with Crippen molar-refractivity contribution in [2.24, 2.45) is 0 Å². The summed E-state index contributed by atoms with van der Waals surface area (Å²) in [6.45, 7) is 3.18. The van der Waals surface area contributed by atoms with Crippen LogP contribution in [0.4, 0.5) is 11.4 Å². The minimum absolute atomic E-state index is 0.0849. The Balaban J connectivity index is 1.91. The molecule has 0 unspecified atom stereocenters. The molecule has 1 heterocycles. The SMILES string of the molecule is Cc1cccc(NC(=O)CN2C(=O)C[C@H](C)S(=O)(=O)c3ccccc32)c1. The van der Waals surface area contributed by atoms with Gasteiger partial charge in [0, 0.05) is 12.1 Å². The lowest BCUT2D eigenvalue weighted by Crippen LogP contribution is -2.38. The second-order valence-corrected chi connectivity index (χ2v) is 8.76. The maximum Gasteiger partial charge on any atom is 0.244 e. The van der Waals surface area contributed by atoms with Gasteiger partial charge in [0.2, 0.25) is 11.8 Å². The molecular weight excluding hydrogens is 352 g/mol. The highest BCUT2D eigenvalue weighted by molar-refractivity contribution is 7.92. The van der Waals surface area contributed by atoms with Gasteiger partial charge in [-0.25, -0.2) is 8.42 Å². The number of nitrogens with zero attached hydrogens (tertiary/aromatic N) is 1. The van der Waals surface area contributed by atoms with Crippen LogP contribution in [0.2, 0.25) is 0 Å². The van der Waals surface area contributed by atoms with Gasteiger partial charge in [-0.15, -0.1) is 0 Å². The molecule has 1 aliphatic rings. The van der Waals surface area contributed by atoms with Gasteiger partial charge in [0.15, 0.2) is 9.84 Å². The van der Waals surface area contributed by atoms with Crippen molar-refractivity contribution in [2.75, 3.05) is 16.8 Å². The van der Waals surface area contributed by atoms with Gasteiger partial charge in [0.25, 0.3) is 0 Å². The molecule has 0 saturated carbocycles. The fourth-order valence-electron chi connectivity index (χ4n) is 2.98. The van der Waals surface area contributed by atoms with E-state index in [-0.39, 0.29) is 35.4 Å². The number of rotatable bonds is 3. The lowest BCUT2D eigenvalue weighted by molar-refractivity contribution is -0.121. The van der Waals surface area contributed by atoms with Gasteiger partial charge in [-0.2, -0.15) is 0 Å². The molecule has 1 aliphatic heterocycles. The molecule has 0 radical (unpaired) electrons. The third kappa shape index (κ3) is 3.48. The standard InChI is InChI=1S/C19H20N2O4S/c1-13-6-5-7-15(10-13)20-18(22)12-21-16-8-3-4-9-17(16)26(24,25)14(2)11-19(21)23/h3-10,14H,11-12H2,1-2H3,(H,20,22)/t14-/m0/s1. The van der Waals surface area contributed by atoms with Gasteiger partial charge in [0.1, 0.15) is 6.54 Å². The van der Waals surface area contributed by atoms with E-state index in [0.717, 1.165) is 5.56 Å². The molecule has 3 rings (SSSR count). The Kier molecular flexibility index (Phi) is 4.82. The maximum atomic E-state index is 12.6. The number of nitrogens with one attached hydrogen (secondary N) is 1. The van der Waals surface area contributed by atoms with Crippen molar-refractivity contribution in [3.63, 3.8) is 0 Å². The van der Waals surface area contributed by atoms with Crippen LogP contribution in [0.3, 0.4) is 0 Å². The first-order chi connectivity index (χ1) is 12.3. The van der Waals surface area contributed by atoms with Crippen molar-refractivity contribution in [1.82, 2.24) is 0 Å². The Morgan fingerprint density at radius 3 is 2.65 bits per heavy atom. The molecule has 1 N–H and O–H groups in total. The second kappa shape index (κ2) is 6.92. The third-order valence-corrected chi connectivity index (χ3v) is 6.54. The summed E-state index contributed by atoms with van der Waals surface area (Å²) in [4.78, 5) is 26.4. The zero-order chi connectivity index (χ0) is 18.9. The Bertz CT molecular complexity index is 969. The highest BCUT2D eigenvalue weighted by Gasteiger charge is 2.36. The fraction of sp³-hybridized carbons (Fsp3) is 0.263. The van der Waals surface area contributed by atoms with Crippen LogP contribution in [-0.2, 0) is 19.4 Å². The second-order valence-electron chi connectivity index (χ2n) is 6.43. The van der Waals surface area contributed by atoms with Crippen molar-refractivity contribution in [1.29, 1.82) is 0 Å². The van der Waals surface area contributed by atoms with Crippen molar-refractivity contribution in [2.45, 2.75) is 30.4 Å². The van der Waals surface area contributed by atoms with Crippen molar-refractivity contribution in [3.05, 3.63) is 54.1 Å². The van der Waals surface area contributed by atoms with Crippen molar-refractivity contribution < 1.29 is 18.0 Å². The van der Waals surface area contributed by atoms with E-state index in [0.29, 0.717) is 5.69 Å². The topological polar surface area (TPSA) is 83.6 Å². The average molecular weight is 372 g/mol. The number of hydrogen-bond acceptors (Lipinski definition) is 4. The van der Waals surface area contributed by atoms with Gasteiger partial charge in [-0.3, -0.25) is 9.59 Å². The predicted molar refractivity (Wildman–Crippen MR) is 99.9 cm³/mol. The van der Waals surface area contributed by atoms with E-state index in [1.54, 1.807) is 24.3 Å². The number of aryl methyl sites for hydroxylation is 1. The van der Waals surface area contributed by atoms with E-state index in [4.69, 9.17) is 0 Å². The van der Waals surface area contributed by atoms with Crippen LogP contribution in [0.5, 0.6) is 0 Å². The van der Waals surface area contributed by atoms with Gasteiger partial charge in [-0.05, 0) is 43.7 Å². The molecule has 136 valence electrons. The van der Waals surface area contributed by atoms with Crippen LogP contribution in [0.15, 0.2) is 53.4 Å². The Morgan fingerprint density at radius 1 is 1.19 bits per heavy atom. The molecule has 0 fully saturated rings. The van der Waals surface area contributed by atoms with Crippen LogP contribution < -0.4 is 10.2 Å². The van der Waals surface area contributed by atoms with Crippen LogP contribution in [0.1, 0.15) is 18.9 Å². The fourth-order valence-corrected chi connectivity index (χ4v) is 4.51. The number of fused-ring (bicyclic) bond motifs is 1. The Morgan fingerprint density at radius 2 is 1.92 bits per heavy atom. The van der Waals surface area contributed by atoms with Gasteiger partial charge < -0.3 is 10.2 Å². The lowest BCUT2D eigenvalue weighted by Gasteiger charge is -2.21. The average Bonchev–Trinajstić information content (AvgIpc) is 2.65. The summed E-state index contributed by atoms with van der Waals surface area (Å²) in [7, 11) is -3.62. The summed E-state index contributed by atoms with van der Waals surface area (Å²) in [5.41, 5.74) is 1.88. The van der Waals surface area contributed by atoms with Crippen molar-refractivity contribution in [3.8, 4) is 0 Å². The summed E-state index contributed by atoms with van der Waals surface area (Å²) >= 11 is 0. The highest BCUT2D eigenvalue weighted by Crippen LogP contribution is 2.33. The molecular formula is C19H20N2O4S. The summed E-state index contributed by atoms with van der Waals surface area (Å²) in [5, 5.41) is 1.92. The molecule has 0 aliphatic carbocycles. The van der Waals surface area contributed by atoms with Crippen LogP contribution >= 0.6 is 0 Å². The Labute approximate surface area is 152 Å². The minimum Gasteiger partial charge on any atom is -0.325 e. The van der Waals surface area contributed by atoms with Crippen LogP contribution in [0.25, 0.3) is 0 Å². The molecule has 6 nitrogen and oxygen atoms in total. The minimum atomic E-state index is -3.62. The number of amides is 2. The monoisotopic (exact) mass is 372 g/mol. The molecule has 0 bridgehead atoms. The Hall–Kier alpha value is -2.67. The first-order valence-electron chi connectivity index (χ1n) is 8.29. The quantitative estimate of drug-likeness (QED) is 0.897. The first-order valence-corrected chi connectivity index (χ1v) is 9.83. The smallest absolute Gasteiger partial charge is 0.244 e. The summed E-state index contributed by atoms with van der Waals surface area (Å²) in [5.74, 6) is -0.767. The number of benzene rings is 2. The summed E-state index contributed by atoms with van der Waals surface area (Å²) in [6, 6.07) is 13.6. The first kappa shape index (κ1) is 18.1. The molecule has 0 saturated heterocycles. The number of sulfone groups is 1. The van der Waals surface area contributed by atoms with E-state index in [2.05, 4.69) is 5.32 Å². The zero-order valence-electron chi connectivity index (χ0n) is 14.6. The third-order valence-electron chi connectivity index (χ3n) is 4.36.